The smallest absolute Gasteiger partial charge is 0.230 e. The molecule has 1 N–H and O–H groups in total. The molecule has 1 amide bonds. The normalized spacial score (nSPS) is 18.3. The number of nitrogens with zero attached hydrogens (tertiary/aromatic N) is 5. The molecule has 1 aromatic carbocycles. The molecule has 1 saturated carbocycles. The summed E-state index contributed by atoms with van der Waals surface area (Å²) >= 11 is 1.40. The zero-order chi connectivity index (χ0) is 19.3. The van der Waals surface area contributed by atoms with Gasteiger partial charge in [-0.05, 0) is 66.2 Å². The van der Waals surface area contributed by atoms with Crippen molar-refractivity contribution in [1.82, 2.24) is 30.4 Å². The fourth-order valence-corrected chi connectivity index (χ4v) is 4.30. The van der Waals surface area contributed by atoms with Crippen molar-refractivity contribution in [2.75, 3.05) is 18.8 Å². The summed E-state index contributed by atoms with van der Waals surface area (Å²) in [5.41, 5.74) is 2.46. The van der Waals surface area contributed by atoms with E-state index in [1.165, 1.54) is 43.3 Å². The van der Waals surface area contributed by atoms with E-state index in [1.54, 1.807) is 0 Å². The molecule has 0 atom stereocenters. The molecule has 1 aromatic heterocycles. The predicted molar refractivity (Wildman–Crippen MR) is 109 cm³/mol. The number of likely N-dealkylation sites (tertiary alicyclic amines) is 1. The van der Waals surface area contributed by atoms with E-state index in [0.717, 1.165) is 36.0 Å². The average molecular weight is 401 g/mol. The number of hydrogen-bond acceptors (Lipinski definition) is 6. The van der Waals surface area contributed by atoms with Crippen LogP contribution < -0.4 is 5.32 Å². The van der Waals surface area contributed by atoms with E-state index in [9.17, 15) is 4.79 Å². The van der Waals surface area contributed by atoms with E-state index in [1.807, 2.05) is 4.68 Å². The molecule has 2 fully saturated rings. The van der Waals surface area contributed by atoms with Gasteiger partial charge in [0.05, 0.1) is 11.8 Å². The first kappa shape index (κ1) is 19.4. The molecule has 2 heterocycles. The van der Waals surface area contributed by atoms with Gasteiger partial charge in [0.25, 0.3) is 0 Å². The lowest BCUT2D eigenvalue weighted by atomic mass is 9.98. The summed E-state index contributed by atoms with van der Waals surface area (Å²) in [6.45, 7) is 6.25. The number of carbonyl (C=O) groups is 1. The summed E-state index contributed by atoms with van der Waals surface area (Å²) in [5, 5.41) is 15.5. The van der Waals surface area contributed by atoms with E-state index in [0.29, 0.717) is 18.3 Å². The lowest BCUT2D eigenvalue weighted by Gasteiger charge is -2.30. The minimum atomic E-state index is 0.00534. The summed E-state index contributed by atoms with van der Waals surface area (Å²) in [6.07, 6.45) is 4.82. The summed E-state index contributed by atoms with van der Waals surface area (Å²) in [4.78, 5) is 14.7. The maximum absolute atomic E-state index is 12.2. The minimum Gasteiger partial charge on any atom is -0.351 e. The van der Waals surface area contributed by atoms with Crippen LogP contribution in [0.2, 0.25) is 0 Å². The fourth-order valence-electron chi connectivity index (χ4n) is 3.53. The zero-order valence-electron chi connectivity index (χ0n) is 16.4. The molecule has 1 saturated heterocycles. The number of benzene rings is 1. The van der Waals surface area contributed by atoms with Gasteiger partial charge in [-0.3, -0.25) is 9.69 Å². The predicted octanol–water partition coefficient (Wildman–Crippen LogP) is 2.65. The van der Waals surface area contributed by atoms with Crippen LogP contribution >= 0.6 is 11.8 Å². The Labute approximate surface area is 170 Å². The van der Waals surface area contributed by atoms with Crippen LogP contribution in [0.3, 0.4) is 0 Å². The molecule has 0 spiro atoms. The molecule has 1 aliphatic heterocycles. The molecule has 8 heteroatoms. The van der Waals surface area contributed by atoms with Gasteiger partial charge >= 0.3 is 0 Å². The van der Waals surface area contributed by atoms with E-state index in [2.05, 4.69) is 56.9 Å². The average Bonchev–Trinajstić information content (AvgIpc) is 3.44. The molecule has 4 rings (SSSR count). The van der Waals surface area contributed by atoms with E-state index >= 15 is 0 Å². The molecule has 7 nitrogen and oxygen atoms in total. The van der Waals surface area contributed by atoms with E-state index in [-0.39, 0.29) is 5.91 Å². The Morgan fingerprint density at radius 2 is 2.00 bits per heavy atom. The van der Waals surface area contributed by atoms with Crippen molar-refractivity contribution in [3.05, 3.63) is 35.4 Å². The van der Waals surface area contributed by atoms with Crippen molar-refractivity contribution in [1.29, 1.82) is 0 Å². The number of carbonyl (C=O) groups excluding carboxylic acids is 1. The van der Waals surface area contributed by atoms with Crippen LogP contribution in [0.4, 0.5) is 0 Å². The third-order valence-electron chi connectivity index (χ3n) is 5.45. The maximum Gasteiger partial charge on any atom is 0.230 e. The van der Waals surface area contributed by atoms with Gasteiger partial charge < -0.3 is 5.32 Å². The quantitative estimate of drug-likeness (QED) is 0.687. The molecular formula is C20H28N6OS. The Bertz CT molecular complexity index is 797. The lowest BCUT2D eigenvalue weighted by molar-refractivity contribution is -0.118. The molecule has 0 radical (unpaired) electrons. The van der Waals surface area contributed by atoms with Crippen molar-refractivity contribution >= 4 is 17.7 Å². The highest BCUT2D eigenvalue weighted by atomic mass is 32.2. The highest BCUT2D eigenvalue weighted by Crippen LogP contribution is 2.36. The van der Waals surface area contributed by atoms with Gasteiger partial charge in [-0.2, -0.15) is 0 Å². The maximum atomic E-state index is 12.2. The van der Waals surface area contributed by atoms with Crippen molar-refractivity contribution in [3.8, 4) is 0 Å². The third kappa shape index (κ3) is 5.32. The molecule has 150 valence electrons. The molecule has 2 aromatic rings. The van der Waals surface area contributed by atoms with Crippen LogP contribution in [0.1, 0.15) is 49.8 Å². The fraction of sp³-hybridized carbons (Fsp3) is 0.600. The summed E-state index contributed by atoms with van der Waals surface area (Å²) in [7, 11) is 0. The van der Waals surface area contributed by atoms with Crippen LogP contribution in [-0.2, 0) is 17.9 Å². The molecule has 0 bridgehead atoms. The minimum absolute atomic E-state index is 0.00534. The molecule has 28 heavy (non-hydrogen) atoms. The first-order valence-corrected chi connectivity index (χ1v) is 11.1. The lowest BCUT2D eigenvalue weighted by Crippen LogP contribution is -2.32. The topological polar surface area (TPSA) is 75.9 Å². The molecular weight excluding hydrogens is 372 g/mol. The largest absolute Gasteiger partial charge is 0.351 e. The van der Waals surface area contributed by atoms with Gasteiger partial charge in [0.1, 0.15) is 0 Å². The second kappa shape index (κ2) is 9.05. The van der Waals surface area contributed by atoms with Crippen LogP contribution in [0.5, 0.6) is 0 Å². The molecule has 2 aliphatic rings. The Balaban J connectivity index is 1.23. The van der Waals surface area contributed by atoms with Gasteiger partial charge in [0, 0.05) is 13.1 Å². The number of hydrogen-bond donors (Lipinski definition) is 1. The number of tetrazole rings is 1. The number of thioether (sulfide) groups is 1. The highest BCUT2D eigenvalue weighted by Gasteiger charge is 2.28. The first-order chi connectivity index (χ1) is 13.7. The highest BCUT2D eigenvalue weighted by molar-refractivity contribution is 7.99. The van der Waals surface area contributed by atoms with E-state index in [4.69, 9.17) is 0 Å². The number of amides is 1. The van der Waals surface area contributed by atoms with Gasteiger partial charge in [-0.1, -0.05) is 43.0 Å². The second-order valence-electron chi connectivity index (χ2n) is 7.98. The van der Waals surface area contributed by atoms with E-state index < -0.39 is 0 Å². The first-order valence-electron chi connectivity index (χ1n) is 10.1. The summed E-state index contributed by atoms with van der Waals surface area (Å²) < 4.78 is 1.84. The van der Waals surface area contributed by atoms with Crippen LogP contribution in [0.15, 0.2) is 29.4 Å². The molecule has 0 unspecified atom stereocenters. The number of aromatic nitrogens is 4. The van der Waals surface area contributed by atoms with Crippen LogP contribution in [0, 0.1) is 5.92 Å². The van der Waals surface area contributed by atoms with Crippen LogP contribution in [0.25, 0.3) is 0 Å². The Kier molecular flexibility index (Phi) is 6.26. The number of nitrogens with one attached hydrogen (secondary N) is 1. The van der Waals surface area contributed by atoms with Crippen molar-refractivity contribution in [3.63, 3.8) is 0 Å². The Hall–Kier alpha value is -1.93. The van der Waals surface area contributed by atoms with Crippen molar-refractivity contribution < 1.29 is 4.79 Å². The van der Waals surface area contributed by atoms with Gasteiger partial charge in [0.2, 0.25) is 11.1 Å². The van der Waals surface area contributed by atoms with Gasteiger partial charge in [-0.25, -0.2) is 4.68 Å². The summed E-state index contributed by atoms with van der Waals surface area (Å²) in [6, 6.07) is 8.97. The Morgan fingerprint density at radius 1 is 1.21 bits per heavy atom. The van der Waals surface area contributed by atoms with Gasteiger partial charge in [-0.15, -0.1) is 5.10 Å². The monoisotopic (exact) mass is 400 g/mol. The second-order valence-corrected chi connectivity index (χ2v) is 8.92. The SMILES string of the molecule is CC1CCN(Cc2cccc(CNC(=O)CSc3nnnn3C3CC3)c2)CC1. The van der Waals surface area contributed by atoms with Crippen molar-refractivity contribution in [2.24, 2.45) is 5.92 Å². The van der Waals surface area contributed by atoms with Crippen molar-refractivity contribution in [2.45, 2.75) is 56.9 Å². The summed E-state index contributed by atoms with van der Waals surface area (Å²) in [5.74, 6) is 1.19. The standard InChI is InChI=1S/C20H28N6OS/c1-15-7-9-25(10-8-15)13-17-4-2-3-16(11-17)12-21-19(27)14-28-20-22-23-24-26(20)18-5-6-18/h2-4,11,15,18H,5-10,12-14H2,1H3,(H,21,27). The third-order valence-corrected chi connectivity index (χ3v) is 6.38. The number of piperidine rings is 1. The zero-order valence-corrected chi connectivity index (χ0v) is 17.2. The number of rotatable bonds is 8. The Morgan fingerprint density at radius 3 is 2.79 bits per heavy atom. The van der Waals surface area contributed by atoms with Crippen LogP contribution in [-0.4, -0.2) is 49.9 Å². The molecule has 1 aliphatic carbocycles. The van der Waals surface area contributed by atoms with Gasteiger partial charge in [0.15, 0.2) is 0 Å².